The third-order valence-electron chi connectivity index (χ3n) is 4.38. The number of ether oxygens (including phenoxy) is 1. The van der Waals surface area contributed by atoms with Crippen LogP contribution in [0.5, 0.6) is 11.6 Å². The van der Waals surface area contributed by atoms with E-state index in [0.29, 0.717) is 23.6 Å². The number of hydrogen-bond donors (Lipinski definition) is 2. The number of allylic oxidation sites excluding steroid dienone is 1. The maximum Gasteiger partial charge on any atom is 0.335 e. The van der Waals surface area contributed by atoms with E-state index in [1.54, 1.807) is 30.5 Å². The zero-order chi connectivity index (χ0) is 19.7. The first kappa shape index (κ1) is 17.5. The number of nitrogens with one attached hydrogen (secondary N) is 1. The number of aromatic amines is 1. The molecule has 3 aromatic rings. The molecule has 0 saturated heterocycles. The highest BCUT2D eigenvalue weighted by Gasteiger charge is 2.17. The van der Waals surface area contributed by atoms with Crippen LogP contribution in [-0.4, -0.2) is 27.5 Å². The number of nitrogens with zero attached hydrogens (tertiary/aromatic N) is 2. The van der Waals surface area contributed by atoms with Gasteiger partial charge >= 0.3 is 5.69 Å². The molecule has 0 amide bonds. The zero-order valence-electron chi connectivity index (χ0n) is 15.0. The van der Waals surface area contributed by atoms with E-state index in [1.807, 2.05) is 31.2 Å². The predicted octanol–water partition coefficient (Wildman–Crippen LogP) is 2.89. The van der Waals surface area contributed by atoms with Crippen LogP contribution in [0.4, 0.5) is 5.69 Å². The Hall–Kier alpha value is -3.87. The Morgan fingerprint density at radius 1 is 1.14 bits per heavy atom. The average molecular weight is 375 g/mol. The Morgan fingerprint density at radius 2 is 1.89 bits per heavy atom. The van der Waals surface area contributed by atoms with Gasteiger partial charge in [0.1, 0.15) is 11.3 Å². The quantitative estimate of drug-likeness (QED) is 0.733. The van der Waals surface area contributed by atoms with E-state index in [9.17, 15) is 14.7 Å². The molecule has 28 heavy (non-hydrogen) atoms. The van der Waals surface area contributed by atoms with E-state index in [0.717, 1.165) is 15.8 Å². The minimum Gasteiger partial charge on any atom is -0.494 e. The summed E-state index contributed by atoms with van der Waals surface area (Å²) in [6.07, 6.45) is 3.14. The third kappa shape index (κ3) is 3.03. The number of aromatic hydroxyl groups is 1. The molecule has 0 aliphatic carbocycles. The summed E-state index contributed by atoms with van der Waals surface area (Å²) in [6.45, 7) is 2.39. The molecule has 140 valence electrons. The molecule has 7 heteroatoms. The molecule has 0 unspecified atom stereocenters. The van der Waals surface area contributed by atoms with Gasteiger partial charge in [0.25, 0.3) is 5.56 Å². The number of para-hydroxylation sites is 1. The monoisotopic (exact) mass is 375 g/mol. The van der Waals surface area contributed by atoms with Crippen LogP contribution >= 0.6 is 0 Å². The minimum atomic E-state index is -0.728. The number of aromatic nitrogens is 2. The van der Waals surface area contributed by atoms with Crippen LogP contribution in [0.2, 0.25) is 0 Å². The maximum atomic E-state index is 12.3. The van der Waals surface area contributed by atoms with Gasteiger partial charge in [-0.25, -0.2) is 9.36 Å². The summed E-state index contributed by atoms with van der Waals surface area (Å²) in [5.74, 6) is 0.201. The Morgan fingerprint density at radius 3 is 2.64 bits per heavy atom. The zero-order valence-corrected chi connectivity index (χ0v) is 15.0. The lowest BCUT2D eigenvalue weighted by Gasteiger charge is -2.11. The van der Waals surface area contributed by atoms with E-state index < -0.39 is 17.1 Å². The molecule has 2 N–H and O–H groups in total. The molecule has 2 heterocycles. The van der Waals surface area contributed by atoms with Gasteiger partial charge in [0.2, 0.25) is 5.88 Å². The van der Waals surface area contributed by atoms with Gasteiger partial charge in [-0.1, -0.05) is 18.2 Å². The Kier molecular flexibility index (Phi) is 4.41. The van der Waals surface area contributed by atoms with Crippen molar-refractivity contribution in [3.8, 4) is 17.3 Å². The van der Waals surface area contributed by atoms with Crippen LogP contribution in [0.1, 0.15) is 18.1 Å². The van der Waals surface area contributed by atoms with Crippen LogP contribution in [0.3, 0.4) is 0 Å². The summed E-state index contributed by atoms with van der Waals surface area (Å²) in [6, 6.07) is 14.1. The molecule has 7 nitrogen and oxygen atoms in total. The van der Waals surface area contributed by atoms with Gasteiger partial charge in [0.05, 0.1) is 18.0 Å². The normalized spacial score (nSPS) is 13.7. The summed E-state index contributed by atoms with van der Waals surface area (Å²) in [7, 11) is 0. The second kappa shape index (κ2) is 7.03. The van der Waals surface area contributed by atoms with Crippen molar-refractivity contribution in [2.75, 3.05) is 6.61 Å². The lowest BCUT2D eigenvalue weighted by Crippen LogP contribution is -2.30. The first-order valence-electron chi connectivity index (χ1n) is 8.75. The van der Waals surface area contributed by atoms with Crippen molar-refractivity contribution in [1.82, 2.24) is 9.55 Å². The first-order chi connectivity index (χ1) is 13.6. The molecular weight excluding hydrogens is 358 g/mol. The van der Waals surface area contributed by atoms with E-state index in [-0.39, 0.29) is 5.56 Å². The van der Waals surface area contributed by atoms with Crippen LogP contribution in [0, 0.1) is 0 Å². The molecule has 0 fully saturated rings. The van der Waals surface area contributed by atoms with E-state index in [1.165, 1.54) is 6.08 Å². The molecule has 0 radical (unpaired) electrons. The Labute approximate surface area is 159 Å². The third-order valence-corrected chi connectivity index (χ3v) is 4.38. The lowest BCUT2D eigenvalue weighted by molar-refractivity contribution is 0.340. The van der Waals surface area contributed by atoms with Crippen molar-refractivity contribution in [3.63, 3.8) is 0 Å². The van der Waals surface area contributed by atoms with Crippen LogP contribution in [0.25, 0.3) is 17.3 Å². The van der Waals surface area contributed by atoms with Crippen LogP contribution in [0.15, 0.2) is 63.1 Å². The summed E-state index contributed by atoms with van der Waals surface area (Å²) >= 11 is 0. The van der Waals surface area contributed by atoms with Crippen molar-refractivity contribution in [2.24, 2.45) is 4.99 Å². The predicted molar refractivity (Wildman–Crippen MR) is 108 cm³/mol. The number of benzene rings is 2. The van der Waals surface area contributed by atoms with Crippen molar-refractivity contribution in [2.45, 2.75) is 6.92 Å². The Bertz CT molecular complexity index is 1220. The fraction of sp³-hybridized carbons (Fsp3) is 0.0952. The topological polar surface area (TPSA) is 96.7 Å². The largest absolute Gasteiger partial charge is 0.494 e. The average Bonchev–Trinajstić information content (AvgIpc) is 3.09. The van der Waals surface area contributed by atoms with Crippen molar-refractivity contribution in [1.29, 1.82) is 0 Å². The van der Waals surface area contributed by atoms with E-state index >= 15 is 0 Å². The molecule has 1 aliphatic heterocycles. The second-order valence-corrected chi connectivity index (χ2v) is 6.13. The summed E-state index contributed by atoms with van der Waals surface area (Å²) in [4.78, 5) is 31.2. The number of aliphatic imine (C=N–C) groups is 1. The Balaban J connectivity index is 1.84. The molecule has 2 aromatic carbocycles. The first-order valence-corrected chi connectivity index (χ1v) is 8.75. The van der Waals surface area contributed by atoms with Gasteiger partial charge in [0.15, 0.2) is 0 Å². The lowest BCUT2D eigenvalue weighted by atomic mass is 10.1. The fourth-order valence-electron chi connectivity index (χ4n) is 3.08. The number of H-pyrrole nitrogens is 1. The van der Waals surface area contributed by atoms with Crippen molar-refractivity contribution in [3.05, 3.63) is 80.5 Å². The fourth-order valence-corrected chi connectivity index (χ4v) is 3.08. The van der Waals surface area contributed by atoms with Crippen molar-refractivity contribution < 1.29 is 9.84 Å². The minimum absolute atomic E-state index is 0.0216. The smallest absolute Gasteiger partial charge is 0.335 e. The van der Waals surface area contributed by atoms with Crippen LogP contribution in [-0.2, 0) is 0 Å². The molecule has 4 rings (SSSR count). The molecule has 0 saturated carbocycles. The van der Waals surface area contributed by atoms with E-state index in [2.05, 4.69) is 9.98 Å². The highest BCUT2D eigenvalue weighted by atomic mass is 16.5. The highest BCUT2D eigenvalue weighted by Crippen LogP contribution is 2.32. The van der Waals surface area contributed by atoms with Gasteiger partial charge in [-0.15, -0.1) is 0 Å². The number of hydrogen-bond acceptors (Lipinski definition) is 5. The van der Waals surface area contributed by atoms with Gasteiger partial charge < -0.3 is 9.84 Å². The molecular formula is C21H17N3O4. The standard InChI is InChI=1S/C21H17N3O4/c1-2-28-15-9-7-14(8-10-15)24-20(26)17(19(25)23-21(24)27)11-13-12-22-18-6-4-3-5-16(13)18/h3-12,26H,2H2,1H3,(H,23,25,27)/b13-11+. The molecule has 0 atom stereocenters. The van der Waals surface area contributed by atoms with Crippen molar-refractivity contribution >= 4 is 23.6 Å². The van der Waals surface area contributed by atoms with Gasteiger partial charge in [0, 0.05) is 17.4 Å². The van der Waals surface area contributed by atoms with Crippen LogP contribution < -0.4 is 16.0 Å². The molecule has 0 spiro atoms. The maximum absolute atomic E-state index is 12.3. The van der Waals surface area contributed by atoms with Gasteiger partial charge in [-0.2, -0.15) is 0 Å². The number of fused-ring (bicyclic) bond motifs is 1. The SMILES string of the molecule is CCOc1ccc(-n2c(O)c(/C=C3\C=Nc4ccccc43)c(=O)[nH]c2=O)cc1. The van der Waals surface area contributed by atoms with Gasteiger partial charge in [-0.3, -0.25) is 14.8 Å². The summed E-state index contributed by atoms with van der Waals surface area (Å²) in [5, 5.41) is 10.7. The second-order valence-electron chi connectivity index (χ2n) is 6.13. The number of rotatable bonds is 4. The molecule has 0 bridgehead atoms. The summed E-state index contributed by atoms with van der Waals surface area (Å²) < 4.78 is 6.43. The van der Waals surface area contributed by atoms with Gasteiger partial charge in [-0.05, 0) is 43.3 Å². The molecule has 1 aromatic heterocycles. The summed E-state index contributed by atoms with van der Waals surface area (Å²) in [5.41, 5.74) is 1.29. The van der Waals surface area contributed by atoms with E-state index in [4.69, 9.17) is 4.74 Å². The highest BCUT2D eigenvalue weighted by molar-refractivity contribution is 6.21. The molecule has 1 aliphatic rings.